The van der Waals surface area contributed by atoms with Crippen molar-refractivity contribution in [3.63, 3.8) is 0 Å². The second-order valence-electron chi connectivity index (χ2n) is 4.34. The average molecular weight is 247 g/mol. The smallest absolute Gasteiger partial charge is 0.232 e. The Morgan fingerprint density at radius 3 is 2.89 bits per heavy atom. The lowest BCUT2D eigenvalue weighted by molar-refractivity contribution is 0.141. The highest BCUT2D eigenvalue weighted by Crippen LogP contribution is 2.21. The molecule has 2 heterocycles. The van der Waals surface area contributed by atoms with Gasteiger partial charge in [-0.05, 0) is 25.0 Å². The van der Waals surface area contributed by atoms with Crippen LogP contribution in [0.4, 0.5) is 0 Å². The van der Waals surface area contributed by atoms with E-state index in [-0.39, 0.29) is 5.92 Å². The summed E-state index contributed by atoms with van der Waals surface area (Å²) >= 11 is 0. The van der Waals surface area contributed by atoms with Gasteiger partial charge < -0.3 is 9.63 Å². The molecule has 0 amide bonds. The van der Waals surface area contributed by atoms with Crippen LogP contribution >= 0.6 is 0 Å². The Bertz CT molecular complexity index is 482. The molecule has 0 aliphatic heterocycles. The molecule has 2 aromatic heterocycles. The maximum Gasteiger partial charge on any atom is 0.232 e. The molecule has 2 atom stereocenters. The Kier molecular flexibility index (Phi) is 4.04. The van der Waals surface area contributed by atoms with E-state index in [9.17, 15) is 5.11 Å². The van der Waals surface area contributed by atoms with Crippen molar-refractivity contribution >= 4 is 0 Å². The molecule has 0 aliphatic carbocycles. The Morgan fingerprint density at radius 1 is 1.44 bits per heavy atom. The minimum atomic E-state index is -0.485. The molecular weight excluding hydrogens is 230 g/mol. The molecule has 0 fully saturated rings. The summed E-state index contributed by atoms with van der Waals surface area (Å²) in [6.45, 7) is 3.72. The molecule has 0 saturated heterocycles. The summed E-state index contributed by atoms with van der Waals surface area (Å²) in [7, 11) is 0. The first kappa shape index (κ1) is 12.7. The minimum Gasteiger partial charge on any atom is -0.393 e. The van der Waals surface area contributed by atoms with Crippen LogP contribution in [0.1, 0.15) is 43.5 Å². The van der Waals surface area contributed by atoms with Crippen molar-refractivity contribution in [3.05, 3.63) is 41.8 Å². The molecule has 96 valence electrons. The molecule has 0 aliphatic rings. The fraction of sp³-hybridized carbons (Fsp3) is 0.462. The van der Waals surface area contributed by atoms with Gasteiger partial charge in [0.25, 0.3) is 0 Å². The SMILES string of the molecule is CCC(c1nc(Cc2cccnc2)no1)C(C)O. The zero-order valence-corrected chi connectivity index (χ0v) is 10.6. The van der Waals surface area contributed by atoms with Gasteiger partial charge in [-0.2, -0.15) is 4.98 Å². The summed E-state index contributed by atoms with van der Waals surface area (Å²) in [5, 5.41) is 13.6. The van der Waals surface area contributed by atoms with E-state index in [2.05, 4.69) is 15.1 Å². The third-order valence-corrected chi connectivity index (χ3v) is 2.91. The number of hydrogen-bond donors (Lipinski definition) is 1. The predicted molar refractivity (Wildman–Crippen MR) is 66.1 cm³/mol. The second kappa shape index (κ2) is 5.73. The van der Waals surface area contributed by atoms with Crippen LogP contribution in [0.25, 0.3) is 0 Å². The van der Waals surface area contributed by atoms with Crippen molar-refractivity contribution in [1.82, 2.24) is 15.1 Å². The molecule has 2 unspecified atom stereocenters. The van der Waals surface area contributed by atoms with E-state index < -0.39 is 6.10 Å². The normalized spacial score (nSPS) is 14.4. The first-order valence-electron chi connectivity index (χ1n) is 6.10. The lowest BCUT2D eigenvalue weighted by Gasteiger charge is -2.12. The van der Waals surface area contributed by atoms with Crippen molar-refractivity contribution in [2.24, 2.45) is 0 Å². The van der Waals surface area contributed by atoms with E-state index in [1.165, 1.54) is 0 Å². The predicted octanol–water partition coefficient (Wildman–Crippen LogP) is 1.93. The Labute approximate surface area is 106 Å². The zero-order chi connectivity index (χ0) is 13.0. The number of rotatable bonds is 5. The average Bonchev–Trinajstić information content (AvgIpc) is 2.79. The van der Waals surface area contributed by atoms with Crippen LogP contribution in [0, 0.1) is 0 Å². The molecule has 0 spiro atoms. The van der Waals surface area contributed by atoms with Crippen molar-refractivity contribution in [3.8, 4) is 0 Å². The van der Waals surface area contributed by atoms with Gasteiger partial charge in [-0.15, -0.1) is 0 Å². The fourth-order valence-corrected chi connectivity index (χ4v) is 1.90. The van der Waals surface area contributed by atoms with Crippen LogP contribution in [-0.4, -0.2) is 26.3 Å². The Hall–Kier alpha value is -1.75. The van der Waals surface area contributed by atoms with Gasteiger partial charge in [-0.3, -0.25) is 4.98 Å². The number of aliphatic hydroxyl groups is 1. The lowest BCUT2D eigenvalue weighted by atomic mass is 10.0. The summed E-state index contributed by atoms with van der Waals surface area (Å²) in [6.07, 6.45) is 4.38. The zero-order valence-electron chi connectivity index (χ0n) is 10.6. The van der Waals surface area contributed by atoms with Crippen LogP contribution < -0.4 is 0 Å². The van der Waals surface area contributed by atoms with Gasteiger partial charge in [-0.25, -0.2) is 0 Å². The monoisotopic (exact) mass is 247 g/mol. The molecule has 5 nitrogen and oxygen atoms in total. The summed E-state index contributed by atoms with van der Waals surface area (Å²) in [6, 6.07) is 3.84. The summed E-state index contributed by atoms with van der Waals surface area (Å²) in [5.41, 5.74) is 1.04. The molecule has 2 aromatic rings. The Balaban J connectivity index is 2.11. The van der Waals surface area contributed by atoms with Gasteiger partial charge in [0, 0.05) is 18.8 Å². The van der Waals surface area contributed by atoms with Crippen molar-refractivity contribution < 1.29 is 9.63 Å². The molecular formula is C13H17N3O2. The highest BCUT2D eigenvalue weighted by Gasteiger charge is 2.21. The van der Waals surface area contributed by atoms with Crippen LogP contribution in [0.15, 0.2) is 29.0 Å². The van der Waals surface area contributed by atoms with Crippen LogP contribution in [-0.2, 0) is 6.42 Å². The van der Waals surface area contributed by atoms with E-state index in [1.807, 2.05) is 19.1 Å². The van der Waals surface area contributed by atoms with Crippen molar-refractivity contribution in [2.45, 2.75) is 38.7 Å². The van der Waals surface area contributed by atoms with E-state index in [0.29, 0.717) is 18.1 Å². The molecule has 0 bridgehead atoms. The van der Waals surface area contributed by atoms with E-state index >= 15 is 0 Å². The molecule has 0 aromatic carbocycles. The van der Waals surface area contributed by atoms with Gasteiger partial charge in [0.15, 0.2) is 5.82 Å². The molecule has 5 heteroatoms. The van der Waals surface area contributed by atoms with Gasteiger partial charge in [0.1, 0.15) is 0 Å². The van der Waals surface area contributed by atoms with Gasteiger partial charge >= 0.3 is 0 Å². The van der Waals surface area contributed by atoms with Gasteiger partial charge in [0.2, 0.25) is 5.89 Å². The summed E-state index contributed by atoms with van der Waals surface area (Å²) in [4.78, 5) is 8.37. The third-order valence-electron chi connectivity index (χ3n) is 2.91. The summed E-state index contributed by atoms with van der Waals surface area (Å²) in [5.74, 6) is 1.03. The van der Waals surface area contributed by atoms with E-state index in [0.717, 1.165) is 12.0 Å². The van der Waals surface area contributed by atoms with Crippen LogP contribution in [0.5, 0.6) is 0 Å². The standard InChI is InChI=1S/C13H17N3O2/c1-3-11(9(2)17)13-15-12(16-18-13)7-10-5-4-6-14-8-10/h4-6,8-9,11,17H,3,7H2,1-2H3. The number of nitrogens with zero attached hydrogens (tertiary/aromatic N) is 3. The topological polar surface area (TPSA) is 72.0 Å². The first-order valence-corrected chi connectivity index (χ1v) is 6.10. The molecule has 0 saturated carbocycles. The maximum atomic E-state index is 9.63. The fourth-order valence-electron chi connectivity index (χ4n) is 1.90. The highest BCUT2D eigenvalue weighted by atomic mass is 16.5. The minimum absolute atomic E-state index is 0.0971. The first-order chi connectivity index (χ1) is 8.70. The van der Waals surface area contributed by atoms with Crippen LogP contribution in [0.2, 0.25) is 0 Å². The number of aromatic nitrogens is 3. The molecule has 2 rings (SSSR count). The van der Waals surface area contributed by atoms with Crippen LogP contribution in [0.3, 0.4) is 0 Å². The van der Waals surface area contributed by atoms with E-state index in [1.54, 1.807) is 19.3 Å². The Morgan fingerprint density at radius 2 is 2.28 bits per heavy atom. The molecule has 18 heavy (non-hydrogen) atoms. The second-order valence-corrected chi connectivity index (χ2v) is 4.34. The van der Waals surface area contributed by atoms with Crippen molar-refractivity contribution in [2.75, 3.05) is 0 Å². The molecule has 1 N–H and O–H groups in total. The largest absolute Gasteiger partial charge is 0.393 e. The van der Waals surface area contributed by atoms with Gasteiger partial charge in [-0.1, -0.05) is 18.1 Å². The number of aliphatic hydroxyl groups excluding tert-OH is 1. The maximum absolute atomic E-state index is 9.63. The third kappa shape index (κ3) is 2.92. The number of hydrogen-bond acceptors (Lipinski definition) is 5. The number of pyridine rings is 1. The summed E-state index contributed by atoms with van der Waals surface area (Å²) < 4.78 is 5.21. The van der Waals surface area contributed by atoms with Gasteiger partial charge in [0.05, 0.1) is 12.0 Å². The lowest BCUT2D eigenvalue weighted by Crippen LogP contribution is -2.14. The van der Waals surface area contributed by atoms with E-state index in [4.69, 9.17) is 4.52 Å². The quantitative estimate of drug-likeness (QED) is 0.874. The highest BCUT2D eigenvalue weighted by molar-refractivity contribution is 5.14. The molecule has 0 radical (unpaired) electrons. The van der Waals surface area contributed by atoms with Crippen molar-refractivity contribution in [1.29, 1.82) is 0 Å².